The Morgan fingerprint density at radius 2 is 0.917 bits per heavy atom. The van der Waals surface area contributed by atoms with Crippen molar-refractivity contribution in [2.24, 2.45) is 0 Å². The van der Waals surface area contributed by atoms with Crippen molar-refractivity contribution < 1.29 is 4.79 Å². The molecule has 4 rings (SSSR count). The lowest BCUT2D eigenvalue weighted by molar-refractivity contribution is 0.103. The highest BCUT2D eigenvalue weighted by Crippen LogP contribution is 2.26. The molecule has 0 aliphatic carbocycles. The van der Waals surface area contributed by atoms with Gasteiger partial charge in [-0.15, -0.1) is 0 Å². The van der Waals surface area contributed by atoms with Crippen molar-refractivity contribution in [3.63, 3.8) is 0 Å². The molecule has 4 aromatic carbocycles. The van der Waals surface area contributed by atoms with E-state index in [0.717, 1.165) is 33.0 Å². The zero-order chi connectivity index (χ0) is 16.7. The fourth-order valence-electron chi connectivity index (χ4n) is 3.34. The number of benzene rings is 4. The number of rotatable bonds is 2. The van der Waals surface area contributed by atoms with Crippen LogP contribution in [0.2, 0.25) is 0 Å². The minimum absolute atomic E-state index is 0.0986. The summed E-state index contributed by atoms with van der Waals surface area (Å²) in [4.78, 5) is 13.2. The smallest absolute Gasteiger partial charge is 0.193 e. The zero-order valence-electron chi connectivity index (χ0n) is 13.8. The molecule has 0 atom stereocenters. The summed E-state index contributed by atoms with van der Waals surface area (Å²) in [6.07, 6.45) is 0. The van der Waals surface area contributed by atoms with Crippen molar-refractivity contribution in [3.8, 4) is 0 Å². The van der Waals surface area contributed by atoms with Gasteiger partial charge in [-0.1, -0.05) is 60.7 Å². The molecule has 0 N–H and O–H groups in total. The molecule has 0 heterocycles. The van der Waals surface area contributed by atoms with Gasteiger partial charge in [0, 0.05) is 11.1 Å². The summed E-state index contributed by atoms with van der Waals surface area (Å²) in [5, 5.41) is 4.54. The first kappa shape index (κ1) is 14.6. The molecule has 0 aliphatic rings. The van der Waals surface area contributed by atoms with Crippen molar-refractivity contribution in [2.75, 3.05) is 0 Å². The number of fused-ring (bicyclic) bond motifs is 2. The SMILES string of the molecule is Cc1cc2ccccc2cc1C(=O)c1cc2ccccc2cc1C. The molecule has 0 aliphatic heterocycles. The Morgan fingerprint density at radius 3 is 1.29 bits per heavy atom. The van der Waals surface area contributed by atoms with Gasteiger partial charge >= 0.3 is 0 Å². The van der Waals surface area contributed by atoms with Crippen LogP contribution in [-0.4, -0.2) is 5.78 Å². The quantitative estimate of drug-likeness (QED) is 0.425. The molecule has 0 unspecified atom stereocenters. The van der Waals surface area contributed by atoms with Crippen LogP contribution in [0.4, 0.5) is 0 Å². The number of carbonyl (C=O) groups excluding carboxylic acids is 1. The molecule has 116 valence electrons. The van der Waals surface area contributed by atoms with Crippen molar-refractivity contribution >= 4 is 27.3 Å². The fourth-order valence-corrected chi connectivity index (χ4v) is 3.34. The van der Waals surface area contributed by atoms with Gasteiger partial charge in [-0.25, -0.2) is 0 Å². The Morgan fingerprint density at radius 1 is 0.583 bits per heavy atom. The van der Waals surface area contributed by atoms with E-state index < -0.39 is 0 Å². The Bertz CT molecular complexity index is 1000. The van der Waals surface area contributed by atoms with Crippen molar-refractivity contribution in [1.29, 1.82) is 0 Å². The minimum Gasteiger partial charge on any atom is -0.289 e. The second-order valence-electron chi connectivity index (χ2n) is 6.36. The number of aryl methyl sites for hydroxylation is 2. The summed E-state index contributed by atoms with van der Waals surface area (Å²) < 4.78 is 0. The second kappa shape index (κ2) is 5.61. The lowest BCUT2D eigenvalue weighted by atomic mass is 9.92. The van der Waals surface area contributed by atoms with Crippen molar-refractivity contribution in [3.05, 3.63) is 95.1 Å². The molecule has 0 amide bonds. The van der Waals surface area contributed by atoms with E-state index in [0.29, 0.717) is 0 Å². The maximum Gasteiger partial charge on any atom is 0.193 e. The van der Waals surface area contributed by atoms with Gasteiger partial charge in [0.05, 0.1) is 0 Å². The van der Waals surface area contributed by atoms with Crippen LogP contribution in [0.1, 0.15) is 27.0 Å². The molecule has 0 fully saturated rings. The van der Waals surface area contributed by atoms with Crippen LogP contribution in [0.3, 0.4) is 0 Å². The summed E-state index contributed by atoms with van der Waals surface area (Å²) in [6, 6.07) is 24.6. The molecule has 1 heteroatoms. The Labute approximate surface area is 141 Å². The van der Waals surface area contributed by atoms with Crippen LogP contribution in [-0.2, 0) is 0 Å². The number of carbonyl (C=O) groups is 1. The highest BCUT2D eigenvalue weighted by atomic mass is 16.1. The van der Waals surface area contributed by atoms with E-state index in [1.165, 1.54) is 10.8 Å². The minimum atomic E-state index is 0.0986. The standard InChI is InChI=1S/C23H18O/c1-15-11-17-7-3-5-9-19(17)13-21(15)23(24)22-14-20-10-6-4-8-18(20)12-16(22)2/h3-14H,1-2H3. The Hall–Kier alpha value is -2.93. The highest BCUT2D eigenvalue weighted by molar-refractivity contribution is 6.14. The van der Waals surface area contributed by atoms with Crippen LogP contribution < -0.4 is 0 Å². The van der Waals surface area contributed by atoms with E-state index in [1.807, 2.05) is 50.2 Å². The number of hydrogen-bond donors (Lipinski definition) is 0. The Kier molecular flexibility index (Phi) is 3.42. The van der Waals surface area contributed by atoms with E-state index in [1.54, 1.807) is 0 Å². The third-order valence-electron chi connectivity index (χ3n) is 4.67. The maximum atomic E-state index is 13.2. The van der Waals surface area contributed by atoms with Crippen LogP contribution in [0.5, 0.6) is 0 Å². The molecule has 1 nitrogen and oxygen atoms in total. The predicted octanol–water partition coefficient (Wildman–Crippen LogP) is 5.84. The van der Waals surface area contributed by atoms with Gasteiger partial charge in [-0.2, -0.15) is 0 Å². The van der Waals surface area contributed by atoms with Crippen LogP contribution in [0.25, 0.3) is 21.5 Å². The molecular formula is C23H18O. The van der Waals surface area contributed by atoms with Crippen molar-refractivity contribution in [1.82, 2.24) is 0 Å². The summed E-state index contributed by atoms with van der Waals surface area (Å²) >= 11 is 0. The fraction of sp³-hybridized carbons (Fsp3) is 0.0870. The average molecular weight is 310 g/mol. The molecule has 0 aromatic heterocycles. The summed E-state index contributed by atoms with van der Waals surface area (Å²) in [5.41, 5.74) is 3.61. The molecule has 0 bridgehead atoms. The zero-order valence-corrected chi connectivity index (χ0v) is 13.8. The van der Waals surface area contributed by atoms with Crippen LogP contribution in [0.15, 0.2) is 72.8 Å². The van der Waals surface area contributed by atoms with Gasteiger partial charge in [0.1, 0.15) is 0 Å². The molecule has 0 saturated carbocycles. The first-order valence-corrected chi connectivity index (χ1v) is 8.17. The topological polar surface area (TPSA) is 17.1 Å². The highest BCUT2D eigenvalue weighted by Gasteiger charge is 2.15. The maximum absolute atomic E-state index is 13.2. The number of ketones is 1. The second-order valence-corrected chi connectivity index (χ2v) is 6.36. The molecule has 0 saturated heterocycles. The average Bonchev–Trinajstić information content (AvgIpc) is 2.60. The number of hydrogen-bond acceptors (Lipinski definition) is 1. The van der Waals surface area contributed by atoms with E-state index >= 15 is 0 Å². The third kappa shape index (κ3) is 2.39. The summed E-state index contributed by atoms with van der Waals surface area (Å²) in [6.45, 7) is 4.02. The van der Waals surface area contributed by atoms with E-state index in [9.17, 15) is 4.79 Å². The molecule has 4 aromatic rings. The monoisotopic (exact) mass is 310 g/mol. The van der Waals surface area contributed by atoms with Gasteiger partial charge in [-0.3, -0.25) is 4.79 Å². The van der Waals surface area contributed by atoms with Gasteiger partial charge in [-0.05, 0) is 58.7 Å². The molecule has 0 spiro atoms. The van der Waals surface area contributed by atoms with Gasteiger partial charge in [0.15, 0.2) is 5.78 Å². The van der Waals surface area contributed by atoms with Gasteiger partial charge < -0.3 is 0 Å². The molecule has 24 heavy (non-hydrogen) atoms. The van der Waals surface area contributed by atoms with Gasteiger partial charge in [0.2, 0.25) is 0 Å². The van der Waals surface area contributed by atoms with E-state index in [-0.39, 0.29) is 5.78 Å². The van der Waals surface area contributed by atoms with Crippen molar-refractivity contribution in [2.45, 2.75) is 13.8 Å². The van der Waals surface area contributed by atoms with E-state index in [4.69, 9.17) is 0 Å². The summed E-state index contributed by atoms with van der Waals surface area (Å²) in [7, 11) is 0. The Balaban J connectivity index is 1.90. The molecular weight excluding hydrogens is 292 g/mol. The predicted molar refractivity (Wildman–Crippen MR) is 101 cm³/mol. The first-order chi connectivity index (χ1) is 11.6. The lowest BCUT2D eigenvalue weighted by Gasteiger charge is -2.11. The van der Waals surface area contributed by atoms with Crippen LogP contribution >= 0.6 is 0 Å². The lowest BCUT2D eigenvalue weighted by Crippen LogP contribution is -2.06. The van der Waals surface area contributed by atoms with Crippen LogP contribution in [0, 0.1) is 13.8 Å². The first-order valence-electron chi connectivity index (χ1n) is 8.17. The summed E-state index contributed by atoms with van der Waals surface area (Å²) in [5.74, 6) is 0.0986. The molecule has 0 radical (unpaired) electrons. The largest absolute Gasteiger partial charge is 0.289 e. The normalized spacial score (nSPS) is 11.1. The van der Waals surface area contributed by atoms with Gasteiger partial charge in [0.25, 0.3) is 0 Å². The third-order valence-corrected chi connectivity index (χ3v) is 4.67. The van der Waals surface area contributed by atoms with E-state index in [2.05, 4.69) is 36.4 Å².